The Hall–Kier alpha value is 0.830. The maximum absolute atomic E-state index is 8.25. The van der Waals surface area contributed by atoms with Gasteiger partial charge in [0, 0.05) is 12.1 Å². The van der Waals surface area contributed by atoms with Crippen LogP contribution in [0.2, 0.25) is 0 Å². The van der Waals surface area contributed by atoms with Gasteiger partial charge in [0.25, 0.3) is 0 Å². The quantitative estimate of drug-likeness (QED) is 0.258. The molecule has 12 heavy (non-hydrogen) atoms. The van der Waals surface area contributed by atoms with Crippen molar-refractivity contribution in [3.63, 3.8) is 0 Å². The molecule has 0 amide bonds. The summed E-state index contributed by atoms with van der Waals surface area (Å²) in [5, 5.41) is 8.25. The highest BCUT2D eigenvalue weighted by Crippen LogP contribution is 2.10. The second-order valence-corrected chi connectivity index (χ2v) is 1.94. The number of benzene rings is 1. The smallest absolute Gasteiger partial charge is 0.385 e. The maximum atomic E-state index is 8.25. The molecule has 0 bridgehead atoms. The van der Waals surface area contributed by atoms with Crippen molar-refractivity contribution in [2.45, 2.75) is 6.92 Å². The molecule has 0 aromatic heterocycles. The fraction of sp³-hybridized carbons (Fsp3) is 0.143. The fourth-order valence-corrected chi connectivity index (χ4v) is 0.611. The van der Waals surface area contributed by atoms with Crippen molar-refractivity contribution in [1.29, 1.82) is 5.39 Å². The first-order valence-electron chi connectivity index (χ1n) is 2.74. The summed E-state index contributed by atoms with van der Waals surface area (Å²) in [5.41, 5.74) is 1.77. The Balaban J connectivity index is -0.000000270. The normalized spacial score (nSPS) is 6.33. The van der Waals surface area contributed by atoms with E-state index in [9.17, 15) is 0 Å². The molecule has 1 aromatic carbocycles. The first-order chi connectivity index (χ1) is 4.33. The van der Waals surface area contributed by atoms with Gasteiger partial charge in [-0.05, 0) is 6.92 Å². The van der Waals surface area contributed by atoms with Crippen LogP contribution in [0.5, 0.6) is 0 Å². The van der Waals surface area contributed by atoms with Crippen molar-refractivity contribution < 1.29 is 71.9 Å². The van der Waals surface area contributed by atoms with Crippen molar-refractivity contribution >= 4 is 5.69 Å². The molecule has 0 radical (unpaired) electrons. The average Bonchev–Trinajstić information content (AvgIpc) is 1.90. The molecule has 1 aromatic rings. The lowest BCUT2D eigenvalue weighted by atomic mass is 10.2. The Kier molecular flexibility index (Phi) is 15.4. The molecule has 0 atom stereocenters. The van der Waals surface area contributed by atoms with E-state index in [-0.39, 0.29) is 71.9 Å². The standard InChI is InChI=1S/C7H7N2.3HI/c1-6-2-4-7(9-8)5-3-6;;;/h2-5H,1H3;3*1H/q+1;;;/p-3. The molecule has 0 spiro atoms. The highest BCUT2D eigenvalue weighted by atomic mass is 127. The zero-order valence-corrected chi connectivity index (χ0v) is 12.8. The molecule has 0 unspecified atom stereocenters. The summed E-state index contributed by atoms with van der Waals surface area (Å²) >= 11 is 0. The van der Waals surface area contributed by atoms with Gasteiger partial charge in [-0.25, -0.2) is 0 Å². The Morgan fingerprint density at radius 2 is 1.42 bits per heavy atom. The summed E-state index contributed by atoms with van der Waals surface area (Å²) in [6.45, 7) is 1.99. The van der Waals surface area contributed by atoms with Gasteiger partial charge in [-0.2, -0.15) is 0 Å². The van der Waals surface area contributed by atoms with Crippen molar-refractivity contribution in [3.8, 4) is 0 Å². The van der Waals surface area contributed by atoms with Crippen LogP contribution in [0.4, 0.5) is 5.69 Å². The van der Waals surface area contributed by atoms with Gasteiger partial charge in [0.15, 0.2) is 4.98 Å². The van der Waals surface area contributed by atoms with Crippen molar-refractivity contribution in [3.05, 3.63) is 34.8 Å². The Morgan fingerprint density at radius 1 is 1.00 bits per heavy atom. The van der Waals surface area contributed by atoms with E-state index in [0.717, 1.165) is 0 Å². The molecule has 68 valence electrons. The van der Waals surface area contributed by atoms with Gasteiger partial charge in [0.1, 0.15) is 0 Å². The van der Waals surface area contributed by atoms with Crippen molar-refractivity contribution in [2.24, 2.45) is 0 Å². The SMILES string of the molecule is Cc1ccc([N+]#N)cc1.[I-].[I-].[I-]. The monoisotopic (exact) mass is 500 g/mol. The minimum atomic E-state index is 0. The van der Waals surface area contributed by atoms with Crippen LogP contribution in [-0.2, 0) is 0 Å². The number of hydrogen-bond donors (Lipinski definition) is 0. The zero-order valence-electron chi connectivity index (χ0n) is 6.34. The van der Waals surface area contributed by atoms with E-state index in [0.29, 0.717) is 5.69 Å². The second-order valence-electron chi connectivity index (χ2n) is 1.94. The fourth-order valence-electron chi connectivity index (χ4n) is 0.611. The number of hydrogen-bond acceptors (Lipinski definition) is 1. The minimum Gasteiger partial charge on any atom is -1.00 e. The second kappa shape index (κ2) is 9.91. The molecule has 0 saturated carbocycles. The predicted molar refractivity (Wildman–Crippen MR) is 35.9 cm³/mol. The van der Waals surface area contributed by atoms with Gasteiger partial charge in [-0.1, -0.05) is 17.7 Å². The molecule has 0 aliphatic heterocycles. The lowest BCUT2D eigenvalue weighted by molar-refractivity contribution is -0.00100. The van der Waals surface area contributed by atoms with Crippen LogP contribution in [0.15, 0.2) is 24.3 Å². The van der Waals surface area contributed by atoms with Crippen LogP contribution < -0.4 is 71.9 Å². The summed E-state index contributed by atoms with van der Waals surface area (Å²) in [5.74, 6) is 0. The summed E-state index contributed by atoms with van der Waals surface area (Å²) in [6, 6.07) is 7.31. The van der Waals surface area contributed by atoms with E-state index in [4.69, 9.17) is 5.39 Å². The molecule has 0 N–H and O–H groups in total. The third-order valence-corrected chi connectivity index (χ3v) is 1.15. The molecule has 0 fully saturated rings. The third kappa shape index (κ3) is 6.36. The first-order valence-corrected chi connectivity index (χ1v) is 2.74. The highest BCUT2D eigenvalue weighted by Gasteiger charge is 1.98. The number of aryl methyl sites for hydroxylation is 1. The van der Waals surface area contributed by atoms with Crippen LogP contribution >= 0.6 is 0 Å². The summed E-state index contributed by atoms with van der Waals surface area (Å²) in [6.07, 6.45) is 0. The molecular formula is C7H7I3N2-2. The zero-order chi connectivity index (χ0) is 6.69. The molecule has 0 aliphatic carbocycles. The molecule has 1 rings (SSSR count). The molecule has 0 saturated heterocycles. The van der Waals surface area contributed by atoms with E-state index in [2.05, 4.69) is 4.98 Å². The van der Waals surface area contributed by atoms with Crippen LogP contribution in [0, 0.1) is 12.3 Å². The molecule has 0 aliphatic rings. The third-order valence-electron chi connectivity index (χ3n) is 1.15. The lowest BCUT2D eigenvalue weighted by Crippen LogP contribution is -3.00. The van der Waals surface area contributed by atoms with E-state index in [1.165, 1.54) is 5.56 Å². The predicted octanol–water partition coefficient (Wildman–Crippen LogP) is -6.51. The minimum absolute atomic E-state index is 0. The van der Waals surface area contributed by atoms with Crippen molar-refractivity contribution in [1.82, 2.24) is 0 Å². The van der Waals surface area contributed by atoms with Crippen molar-refractivity contribution in [2.75, 3.05) is 0 Å². The summed E-state index contributed by atoms with van der Waals surface area (Å²) in [4.78, 5) is 3.01. The van der Waals surface area contributed by atoms with Gasteiger partial charge in [0.2, 0.25) is 5.39 Å². The topological polar surface area (TPSA) is 28.1 Å². The molecule has 0 heterocycles. The van der Waals surface area contributed by atoms with E-state index < -0.39 is 0 Å². The van der Waals surface area contributed by atoms with E-state index in [1.807, 2.05) is 19.1 Å². The summed E-state index contributed by atoms with van der Waals surface area (Å²) in [7, 11) is 0. The van der Waals surface area contributed by atoms with E-state index >= 15 is 0 Å². The van der Waals surface area contributed by atoms with Gasteiger partial charge in [0.05, 0.1) is 0 Å². The van der Waals surface area contributed by atoms with Gasteiger partial charge in [-0.15, -0.1) is 0 Å². The van der Waals surface area contributed by atoms with Crippen LogP contribution in [0.25, 0.3) is 4.98 Å². The van der Waals surface area contributed by atoms with Crippen LogP contribution in [0.1, 0.15) is 5.56 Å². The van der Waals surface area contributed by atoms with Gasteiger partial charge < -0.3 is 71.9 Å². The highest BCUT2D eigenvalue weighted by molar-refractivity contribution is 5.44. The lowest BCUT2D eigenvalue weighted by Gasteiger charge is -1.81. The van der Waals surface area contributed by atoms with Crippen LogP contribution in [-0.4, -0.2) is 0 Å². The Bertz CT molecular complexity index is 240. The molecule has 5 heteroatoms. The largest absolute Gasteiger partial charge is 1.00 e. The van der Waals surface area contributed by atoms with E-state index in [1.54, 1.807) is 12.1 Å². The Labute approximate surface area is 123 Å². The number of nitrogens with zero attached hydrogens (tertiary/aromatic N) is 2. The average molecular weight is 500 g/mol. The first kappa shape index (κ1) is 18.6. The maximum Gasteiger partial charge on any atom is 0.385 e. The van der Waals surface area contributed by atoms with Gasteiger partial charge >= 0.3 is 5.69 Å². The Morgan fingerprint density at radius 3 is 1.75 bits per heavy atom. The molecule has 2 nitrogen and oxygen atoms in total. The number of halogens is 3. The summed E-state index contributed by atoms with van der Waals surface area (Å²) < 4.78 is 0. The molecular weight excluding hydrogens is 493 g/mol. The van der Waals surface area contributed by atoms with Gasteiger partial charge in [-0.3, -0.25) is 0 Å². The van der Waals surface area contributed by atoms with Crippen LogP contribution in [0.3, 0.4) is 0 Å². The number of diazo groups is 1. The number of rotatable bonds is 0.